The van der Waals surface area contributed by atoms with Gasteiger partial charge < -0.3 is 9.47 Å². The van der Waals surface area contributed by atoms with E-state index in [1.807, 2.05) is 0 Å². The van der Waals surface area contributed by atoms with E-state index in [1.165, 1.54) is 26.2 Å². The van der Waals surface area contributed by atoms with Gasteiger partial charge in [-0.25, -0.2) is 0 Å². The van der Waals surface area contributed by atoms with E-state index in [2.05, 4.69) is 6.58 Å². The number of hydrogen-bond acceptors (Lipinski definition) is 3. The molecule has 0 unspecified atom stereocenters. The van der Waals surface area contributed by atoms with Crippen molar-refractivity contribution in [1.82, 2.24) is 0 Å². The second kappa shape index (κ2) is 9.15. The second-order valence-electron chi connectivity index (χ2n) is 5.04. The van der Waals surface area contributed by atoms with E-state index in [9.17, 15) is 4.79 Å². The third-order valence-electron chi connectivity index (χ3n) is 3.40. The van der Waals surface area contributed by atoms with Crippen LogP contribution in [0, 0.1) is 0 Å². The van der Waals surface area contributed by atoms with Crippen molar-refractivity contribution in [2.24, 2.45) is 0 Å². The van der Waals surface area contributed by atoms with Gasteiger partial charge in [0.2, 0.25) is 0 Å². The summed E-state index contributed by atoms with van der Waals surface area (Å²) in [5, 5.41) is 0. The Bertz CT molecular complexity index is 250. The van der Waals surface area contributed by atoms with Gasteiger partial charge >= 0.3 is 5.97 Å². The van der Waals surface area contributed by atoms with Gasteiger partial charge in [-0.15, -0.1) is 6.58 Å². The molecule has 0 aromatic heterocycles. The maximum Gasteiger partial charge on any atom is 0.302 e. The normalized spacial score (nSPS) is 26.3. The predicted molar refractivity (Wildman–Crippen MR) is 72.4 cm³/mol. The zero-order valence-corrected chi connectivity index (χ0v) is 11.5. The average Bonchev–Trinajstić information content (AvgIpc) is 2.34. The number of carbonyl (C=O) groups excluding carboxylic acids is 1. The van der Waals surface area contributed by atoms with Crippen molar-refractivity contribution in [3.05, 3.63) is 12.7 Å². The molecule has 0 amide bonds. The molecule has 0 heterocycles. The smallest absolute Gasteiger partial charge is 0.302 e. The lowest BCUT2D eigenvalue weighted by atomic mass is 9.97. The fraction of sp³-hybridized carbons (Fsp3) is 0.800. The topological polar surface area (TPSA) is 35.5 Å². The molecule has 0 aliphatic heterocycles. The van der Waals surface area contributed by atoms with E-state index in [1.54, 1.807) is 6.08 Å². The Balaban J connectivity index is 2.42. The van der Waals surface area contributed by atoms with Crippen LogP contribution in [0.3, 0.4) is 0 Å². The lowest BCUT2D eigenvalue weighted by molar-refractivity contribution is -0.147. The zero-order chi connectivity index (χ0) is 13.2. The predicted octanol–water partition coefficient (Wildman–Crippen LogP) is 3.62. The molecule has 3 heteroatoms. The van der Waals surface area contributed by atoms with Crippen LogP contribution in [0.25, 0.3) is 0 Å². The molecule has 1 rings (SSSR count). The molecule has 104 valence electrons. The summed E-state index contributed by atoms with van der Waals surface area (Å²) in [4.78, 5) is 11.1. The zero-order valence-electron chi connectivity index (χ0n) is 11.5. The van der Waals surface area contributed by atoms with Gasteiger partial charge in [0.1, 0.15) is 6.10 Å². The monoisotopic (exact) mass is 254 g/mol. The van der Waals surface area contributed by atoms with Crippen LogP contribution in [-0.4, -0.2) is 24.8 Å². The minimum absolute atomic E-state index is 0.0791. The van der Waals surface area contributed by atoms with Gasteiger partial charge in [-0.3, -0.25) is 4.79 Å². The Hall–Kier alpha value is -0.830. The van der Waals surface area contributed by atoms with Crippen molar-refractivity contribution in [3.8, 4) is 0 Å². The van der Waals surface area contributed by atoms with E-state index in [0.717, 1.165) is 32.1 Å². The van der Waals surface area contributed by atoms with Crippen LogP contribution in [0.15, 0.2) is 12.7 Å². The standard InChI is InChI=1S/C15H26O3/c1-3-12-17-14-8-6-4-5-7-9-15(11-10-14)18-13(2)16/h3,14-15H,1,4-12H2,2H3/t14-,15-/m1/s1. The van der Waals surface area contributed by atoms with Crippen LogP contribution in [0.1, 0.15) is 58.3 Å². The highest BCUT2D eigenvalue weighted by atomic mass is 16.5. The Morgan fingerprint density at radius 1 is 1.11 bits per heavy atom. The van der Waals surface area contributed by atoms with E-state index in [4.69, 9.17) is 9.47 Å². The summed E-state index contributed by atoms with van der Waals surface area (Å²) in [6.07, 6.45) is 11.0. The molecular weight excluding hydrogens is 228 g/mol. The van der Waals surface area contributed by atoms with Gasteiger partial charge in [0, 0.05) is 6.92 Å². The molecule has 18 heavy (non-hydrogen) atoms. The Labute approximate surface area is 111 Å². The van der Waals surface area contributed by atoms with Gasteiger partial charge in [0.15, 0.2) is 0 Å². The first-order valence-corrected chi connectivity index (χ1v) is 7.12. The highest BCUT2D eigenvalue weighted by Crippen LogP contribution is 2.21. The first kappa shape index (κ1) is 15.2. The number of ether oxygens (including phenoxy) is 2. The first-order valence-electron chi connectivity index (χ1n) is 7.12. The number of hydrogen-bond donors (Lipinski definition) is 0. The third-order valence-corrected chi connectivity index (χ3v) is 3.40. The fourth-order valence-electron chi connectivity index (χ4n) is 2.48. The van der Waals surface area contributed by atoms with Gasteiger partial charge in [0.25, 0.3) is 0 Å². The SMILES string of the molecule is C=CCO[C@@H]1CCCCCC[C@@H](OC(C)=O)CC1. The van der Waals surface area contributed by atoms with E-state index in [0.29, 0.717) is 12.7 Å². The minimum Gasteiger partial charge on any atom is -0.463 e. The Morgan fingerprint density at radius 3 is 2.33 bits per heavy atom. The Kier molecular flexibility index (Phi) is 7.74. The molecule has 0 spiro atoms. The molecule has 2 atom stereocenters. The highest BCUT2D eigenvalue weighted by Gasteiger charge is 2.17. The van der Waals surface area contributed by atoms with Crippen LogP contribution in [0.5, 0.6) is 0 Å². The van der Waals surface area contributed by atoms with Crippen LogP contribution in [0.2, 0.25) is 0 Å². The van der Waals surface area contributed by atoms with Crippen LogP contribution in [0.4, 0.5) is 0 Å². The lowest BCUT2D eigenvalue weighted by Crippen LogP contribution is -2.21. The summed E-state index contributed by atoms with van der Waals surface area (Å²) in [5.41, 5.74) is 0. The maximum atomic E-state index is 11.1. The number of esters is 1. The van der Waals surface area contributed by atoms with Crippen LogP contribution in [-0.2, 0) is 14.3 Å². The molecule has 0 aromatic carbocycles. The van der Waals surface area contributed by atoms with E-state index < -0.39 is 0 Å². The molecule has 1 fully saturated rings. The van der Waals surface area contributed by atoms with Crippen molar-refractivity contribution < 1.29 is 14.3 Å². The highest BCUT2D eigenvalue weighted by molar-refractivity contribution is 5.66. The molecule has 0 N–H and O–H groups in total. The lowest BCUT2D eigenvalue weighted by Gasteiger charge is -2.23. The summed E-state index contributed by atoms with van der Waals surface area (Å²) < 4.78 is 11.1. The van der Waals surface area contributed by atoms with Crippen LogP contribution < -0.4 is 0 Å². The van der Waals surface area contributed by atoms with E-state index >= 15 is 0 Å². The number of rotatable bonds is 4. The quantitative estimate of drug-likeness (QED) is 0.568. The molecule has 1 saturated carbocycles. The molecule has 0 aromatic rings. The summed E-state index contributed by atoms with van der Waals surface area (Å²) in [6, 6.07) is 0. The summed E-state index contributed by atoms with van der Waals surface area (Å²) >= 11 is 0. The van der Waals surface area contributed by atoms with Crippen molar-refractivity contribution in [2.45, 2.75) is 70.5 Å². The molecule has 1 aliphatic rings. The molecule has 1 aliphatic carbocycles. The maximum absolute atomic E-state index is 11.1. The van der Waals surface area contributed by atoms with Gasteiger partial charge in [-0.1, -0.05) is 25.3 Å². The minimum atomic E-state index is -0.166. The number of carbonyl (C=O) groups is 1. The molecule has 0 radical (unpaired) electrons. The van der Waals surface area contributed by atoms with Crippen LogP contribution >= 0.6 is 0 Å². The van der Waals surface area contributed by atoms with Gasteiger partial charge in [-0.05, 0) is 32.1 Å². The first-order chi connectivity index (χ1) is 8.72. The summed E-state index contributed by atoms with van der Waals surface area (Å²) in [5.74, 6) is -0.166. The summed E-state index contributed by atoms with van der Waals surface area (Å²) in [7, 11) is 0. The van der Waals surface area contributed by atoms with E-state index in [-0.39, 0.29) is 12.1 Å². The second-order valence-corrected chi connectivity index (χ2v) is 5.04. The Morgan fingerprint density at radius 2 is 1.72 bits per heavy atom. The molecule has 0 bridgehead atoms. The fourth-order valence-corrected chi connectivity index (χ4v) is 2.48. The molecule has 0 saturated heterocycles. The molecule has 3 nitrogen and oxygen atoms in total. The third kappa shape index (κ3) is 6.80. The van der Waals surface area contributed by atoms with Gasteiger partial charge in [0.05, 0.1) is 12.7 Å². The molecular formula is C15H26O3. The van der Waals surface area contributed by atoms with Crippen molar-refractivity contribution in [1.29, 1.82) is 0 Å². The average molecular weight is 254 g/mol. The summed E-state index contributed by atoms with van der Waals surface area (Å²) in [6.45, 7) is 5.79. The van der Waals surface area contributed by atoms with Crippen molar-refractivity contribution in [3.63, 3.8) is 0 Å². The van der Waals surface area contributed by atoms with Gasteiger partial charge in [-0.2, -0.15) is 0 Å². The van der Waals surface area contributed by atoms with Crippen molar-refractivity contribution in [2.75, 3.05) is 6.61 Å². The largest absolute Gasteiger partial charge is 0.463 e. The van der Waals surface area contributed by atoms with Crippen molar-refractivity contribution >= 4 is 5.97 Å².